The lowest BCUT2D eigenvalue weighted by atomic mass is 10.2. The van der Waals surface area contributed by atoms with Crippen LogP contribution in [-0.2, 0) is 19.9 Å². The highest BCUT2D eigenvalue weighted by atomic mass is 32.2. The summed E-state index contributed by atoms with van der Waals surface area (Å²) in [7, 11) is -10.8. The fraction of sp³-hybridized carbons (Fsp3) is 0.387. The van der Waals surface area contributed by atoms with Crippen LogP contribution in [0, 0.1) is 0 Å². The lowest BCUT2D eigenvalue weighted by Gasteiger charge is -2.36. The van der Waals surface area contributed by atoms with E-state index in [2.05, 4.69) is 10.2 Å². The third-order valence-electron chi connectivity index (χ3n) is 7.58. The summed E-state index contributed by atoms with van der Waals surface area (Å²) in [5, 5.41) is 12.5. The maximum Gasteiger partial charge on any atom is 0.501 e. The van der Waals surface area contributed by atoms with Gasteiger partial charge in [0.25, 0.3) is 25.8 Å². The van der Waals surface area contributed by atoms with Gasteiger partial charge in [0, 0.05) is 61.5 Å². The van der Waals surface area contributed by atoms with Crippen molar-refractivity contribution in [3.8, 4) is 0 Å². The Morgan fingerprint density at radius 3 is 2.10 bits per heavy atom. The number of alkyl halides is 4. The Bertz CT molecular complexity index is 1730. The first-order valence-corrected chi connectivity index (χ1v) is 18.9. The molecule has 0 spiro atoms. The zero-order valence-corrected chi connectivity index (χ0v) is 28.1. The van der Waals surface area contributed by atoms with Crippen LogP contribution in [0.25, 0.3) is 0 Å². The van der Waals surface area contributed by atoms with Crippen LogP contribution in [0.3, 0.4) is 0 Å². The molecule has 0 saturated carbocycles. The number of anilines is 1. The van der Waals surface area contributed by atoms with Crippen LogP contribution in [0.5, 0.6) is 0 Å². The van der Waals surface area contributed by atoms with Crippen molar-refractivity contribution in [3.63, 3.8) is 0 Å². The summed E-state index contributed by atoms with van der Waals surface area (Å²) in [5.41, 5.74) is -6.22. The maximum absolute atomic E-state index is 13.9. The van der Waals surface area contributed by atoms with Crippen molar-refractivity contribution in [2.45, 2.75) is 38.8 Å². The number of hydrogen-bond donors (Lipinski definition) is 3. The standard InChI is InChI=1S/C31H36F4N4O6S3/c32-20-25(40)21-39-17-15-38(16-18-39)14-13-24(22-46-26-9-5-2-6-10-26)36-28-12-11-27(19-29(28)47(42,43)31(33,34)35)48(44,45)37-30(41)23-7-3-1-4-8-23/h1-12,19,24-25,36,40H,13-18,20-22H2,(H,37,41)/t24-,25+/m1/s1. The monoisotopic (exact) mass is 732 g/mol. The molecule has 3 N–H and O–H groups in total. The number of rotatable bonds is 15. The van der Waals surface area contributed by atoms with E-state index in [4.69, 9.17) is 0 Å². The van der Waals surface area contributed by atoms with Gasteiger partial charge in [0.1, 0.15) is 11.6 Å². The van der Waals surface area contributed by atoms with E-state index in [1.54, 1.807) is 10.8 Å². The lowest BCUT2D eigenvalue weighted by Crippen LogP contribution is -2.49. The molecule has 0 radical (unpaired) electrons. The second-order valence-corrected chi connectivity index (χ2v) is 15.8. The second kappa shape index (κ2) is 16.5. The zero-order valence-electron chi connectivity index (χ0n) is 25.6. The lowest BCUT2D eigenvalue weighted by molar-refractivity contribution is -0.0435. The molecule has 262 valence electrons. The van der Waals surface area contributed by atoms with Crippen LogP contribution < -0.4 is 10.0 Å². The molecule has 1 aliphatic heterocycles. The zero-order chi connectivity index (χ0) is 35.0. The van der Waals surface area contributed by atoms with Gasteiger partial charge in [-0.15, -0.1) is 11.8 Å². The smallest absolute Gasteiger partial charge is 0.389 e. The number of β-amino-alcohol motifs (C(OH)–C–C–N with tert-alkyl or cyclic N) is 1. The first-order valence-electron chi connectivity index (χ1n) is 14.9. The number of sulfonamides is 1. The van der Waals surface area contributed by atoms with Crippen molar-refractivity contribution in [1.29, 1.82) is 0 Å². The summed E-state index contributed by atoms with van der Waals surface area (Å²) in [6.45, 7) is 2.23. The highest BCUT2D eigenvalue weighted by Crippen LogP contribution is 2.36. The minimum Gasteiger partial charge on any atom is -0.389 e. The SMILES string of the molecule is O=C(NS(=O)(=O)c1ccc(N[C@H](CCN2CCN(C[C@@H](O)CF)CC2)CSc2ccccc2)c(S(=O)(=O)C(F)(F)F)c1)c1ccccc1. The van der Waals surface area contributed by atoms with Gasteiger partial charge in [-0.3, -0.25) is 9.69 Å². The van der Waals surface area contributed by atoms with Gasteiger partial charge >= 0.3 is 5.51 Å². The number of carbonyl (C=O) groups excluding carboxylic acids is 1. The van der Waals surface area contributed by atoms with Crippen molar-refractivity contribution in [2.75, 3.05) is 57.0 Å². The van der Waals surface area contributed by atoms with Crippen LogP contribution in [0.2, 0.25) is 0 Å². The van der Waals surface area contributed by atoms with Crippen LogP contribution in [0.1, 0.15) is 16.8 Å². The molecule has 1 saturated heterocycles. The third kappa shape index (κ3) is 10.1. The quantitative estimate of drug-likeness (QED) is 0.155. The Balaban J connectivity index is 1.58. The number of amides is 1. The van der Waals surface area contributed by atoms with Gasteiger partial charge in [-0.2, -0.15) is 13.2 Å². The van der Waals surface area contributed by atoms with Crippen molar-refractivity contribution >= 4 is 43.2 Å². The number of carbonyl (C=O) groups is 1. The summed E-state index contributed by atoms with van der Waals surface area (Å²) in [5.74, 6) is -0.721. The molecule has 0 bridgehead atoms. The van der Waals surface area contributed by atoms with E-state index in [1.807, 2.05) is 35.2 Å². The van der Waals surface area contributed by atoms with Gasteiger partial charge in [-0.05, 0) is 48.9 Å². The number of aliphatic hydroxyl groups is 1. The number of nitrogens with one attached hydrogen (secondary N) is 2. The molecule has 4 rings (SSSR count). The minimum atomic E-state index is -6.05. The molecule has 1 amide bonds. The molecule has 3 aromatic carbocycles. The first kappa shape index (κ1) is 37.6. The Kier molecular flexibility index (Phi) is 12.9. The first-order chi connectivity index (χ1) is 22.7. The normalized spacial score (nSPS) is 16.3. The number of sulfone groups is 1. The van der Waals surface area contributed by atoms with E-state index in [-0.39, 0.29) is 12.1 Å². The molecular weight excluding hydrogens is 697 g/mol. The summed E-state index contributed by atoms with van der Waals surface area (Å²) >= 11 is 1.41. The maximum atomic E-state index is 13.9. The summed E-state index contributed by atoms with van der Waals surface area (Å²) < 4.78 is 108. The molecule has 17 heteroatoms. The van der Waals surface area contributed by atoms with E-state index in [0.717, 1.165) is 17.0 Å². The number of nitrogens with zero attached hydrogens (tertiary/aromatic N) is 2. The molecule has 0 unspecified atom stereocenters. The number of aliphatic hydroxyl groups excluding tert-OH is 1. The van der Waals surface area contributed by atoms with Crippen LogP contribution in [0.4, 0.5) is 23.2 Å². The van der Waals surface area contributed by atoms with Gasteiger partial charge < -0.3 is 15.3 Å². The summed E-state index contributed by atoms with van der Waals surface area (Å²) in [6, 6.07) is 18.2. The number of benzene rings is 3. The Morgan fingerprint density at radius 1 is 0.896 bits per heavy atom. The molecule has 1 aliphatic rings. The van der Waals surface area contributed by atoms with E-state index < -0.39 is 65.6 Å². The van der Waals surface area contributed by atoms with Crippen LogP contribution in [-0.4, -0.2) is 107 Å². The van der Waals surface area contributed by atoms with E-state index in [9.17, 15) is 44.3 Å². The molecular formula is C31H36F4N4O6S3. The topological polar surface area (TPSA) is 136 Å². The number of hydrogen-bond acceptors (Lipinski definition) is 10. The second-order valence-electron chi connectivity index (χ2n) is 11.1. The van der Waals surface area contributed by atoms with E-state index in [1.165, 1.54) is 36.0 Å². The van der Waals surface area contributed by atoms with Gasteiger partial charge in [0.15, 0.2) is 0 Å². The molecule has 48 heavy (non-hydrogen) atoms. The average Bonchev–Trinajstić information content (AvgIpc) is 3.06. The highest BCUT2D eigenvalue weighted by Gasteiger charge is 2.48. The van der Waals surface area contributed by atoms with Crippen LogP contribution in [0.15, 0.2) is 93.5 Å². The number of thioether (sulfide) groups is 1. The average molecular weight is 733 g/mol. The molecule has 0 aromatic heterocycles. The molecule has 3 aromatic rings. The number of halogens is 4. The highest BCUT2D eigenvalue weighted by molar-refractivity contribution is 7.99. The largest absolute Gasteiger partial charge is 0.501 e. The molecule has 2 atom stereocenters. The van der Waals surface area contributed by atoms with Gasteiger partial charge in [-0.1, -0.05) is 36.4 Å². The fourth-order valence-electron chi connectivity index (χ4n) is 4.98. The van der Waals surface area contributed by atoms with Gasteiger partial charge in [0.05, 0.1) is 16.7 Å². The van der Waals surface area contributed by atoms with E-state index in [0.29, 0.717) is 51.0 Å². The van der Waals surface area contributed by atoms with Crippen molar-refractivity contribution in [2.24, 2.45) is 0 Å². The Morgan fingerprint density at radius 2 is 1.50 bits per heavy atom. The Labute approximate surface area is 281 Å². The third-order valence-corrected chi connectivity index (χ3v) is 11.6. The molecule has 1 fully saturated rings. The van der Waals surface area contributed by atoms with E-state index >= 15 is 0 Å². The fourth-order valence-corrected chi connectivity index (χ4v) is 7.99. The predicted molar refractivity (Wildman–Crippen MR) is 175 cm³/mol. The predicted octanol–water partition coefficient (Wildman–Crippen LogP) is 4.01. The molecule has 0 aliphatic carbocycles. The summed E-state index contributed by atoms with van der Waals surface area (Å²) in [4.78, 5) is 15.3. The van der Waals surface area contributed by atoms with Crippen molar-refractivity contribution in [1.82, 2.24) is 14.5 Å². The van der Waals surface area contributed by atoms with Crippen LogP contribution >= 0.6 is 11.8 Å². The summed E-state index contributed by atoms with van der Waals surface area (Å²) in [6.07, 6.45) is -0.685. The van der Waals surface area contributed by atoms with Crippen molar-refractivity contribution < 1.29 is 44.3 Å². The van der Waals surface area contributed by atoms with Gasteiger partial charge in [0.2, 0.25) is 0 Å². The Hall–Kier alpha value is -3.22. The molecule has 1 heterocycles. The number of piperazine rings is 1. The minimum absolute atomic E-state index is 0.0278. The van der Waals surface area contributed by atoms with Crippen molar-refractivity contribution in [3.05, 3.63) is 84.4 Å². The van der Waals surface area contributed by atoms with Gasteiger partial charge in [-0.25, -0.2) is 25.9 Å². The molecule has 10 nitrogen and oxygen atoms in total.